The molecule has 1 rings (SSSR count). The van der Waals surface area contributed by atoms with Crippen molar-refractivity contribution in [3.05, 3.63) is 23.9 Å². The number of carbonyl (C=O) groups is 1. The second-order valence-corrected chi connectivity index (χ2v) is 5.72. The Morgan fingerprint density at radius 2 is 2.05 bits per heavy atom. The van der Waals surface area contributed by atoms with E-state index in [1.54, 1.807) is 13.1 Å². The number of rotatable bonds is 7. The van der Waals surface area contributed by atoms with Gasteiger partial charge in [0.25, 0.3) is 5.91 Å². The molecular weight excluding hydrogens is 252 g/mol. The van der Waals surface area contributed by atoms with Gasteiger partial charge < -0.3 is 15.5 Å². The fourth-order valence-corrected chi connectivity index (χ4v) is 2.15. The Hall–Kier alpha value is -1.62. The van der Waals surface area contributed by atoms with Crippen LogP contribution in [0.4, 0.5) is 5.82 Å². The highest BCUT2D eigenvalue weighted by atomic mass is 16.1. The second-order valence-electron chi connectivity index (χ2n) is 5.72. The number of amides is 1. The van der Waals surface area contributed by atoms with Crippen molar-refractivity contribution in [2.24, 2.45) is 5.92 Å². The van der Waals surface area contributed by atoms with Gasteiger partial charge in [-0.25, -0.2) is 4.98 Å². The van der Waals surface area contributed by atoms with Crippen LogP contribution in [-0.4, -0.2) is 49.5 Å². The van der Waals surface area contributed by atoms with Crippen molar-refractivity contribution < 1.29 is 4.79 Å². The van der Waals surface area contributed by atoms with Gasteiger partial charge in [-0.2, -0.15) is 0 Å². The molecule has 0 fully saturated rings. The van der Waals surface area contributed by atoms with Crippen molar-refractivity contribution in [1.82, 2.24) is 15.2 Å². The molecule has 20 heavy (non-hydrogen) atoms. The highest BCUT2D eigenvalue weighted by molar-refractivity contribution is 5.92. The number of nitrogens with zero attached hydrogens (tertiary/aromatic N) is 2. The summed E-state index contributed by atoms with van der Waals surface area (Å²) >= 11 is 0. The van der Waals surface area contributed by atoms with Gasteiger partial charge in [0.1, 0.15) is 11.5 Å². The molecular formula is C15H26N4O. The maximum atomic E-state index is 12.3. The Morgan fingerprint density at radius 1 is 1.35 bits per heavy atom. The Balaban J connectivity index is 2.73. The van der Waals surface area contributed by atoms with Crippen LogP contribution in [0.5, 0.6) is 0 Å². The lowest BCUT2D eigenvalue weighted by atomic mass is 10.0. The number of anilines is 1. The van der Waals surface area contributed by atoms with Crippen LogP contribution in [0.15, 0.2) is 18.2 Å². The molecule has 1 atom stereocenters. The van der Waals surface area contributed by atoms with E-state index in [2.05, 4.69) is 34.4 Å². The van der Waals surface area contributed by atoms with Crippen molar-refractivity contribution in [3.8, 4) is 0 Å². The van der Waals surface area contributed by atoms with E-state index in [1.165, 1.54) is 0 Å². The predicted octanol–water partition coefficient (Wildman–Crippen LogP) is 1.83. The van der Waals surface area contributed by atoms with Gasteiger partial charge in [-0.1, -0.05) is 19.9 Å². The van der Waals surface area contributed by atoms with Crippen LogP contribution < -0.4 is 10.6 Å². The summed E-state index contributed by atoms with van der Waals surface area (Å²) in [6, 6.07) is 5.54. The standard InChI is InChI=1S/C15H26N4O/c1-11(2)9-12(10-19(4)5)17-15(20)13-7-6-8-14(16-3)18-13/h6-8,11-12H,9-10H2,1-5H3,(H,16,18)(H,17,20). The summed E-state index contributed by atoms with van der Waals surface area (Å²) in [6.07, 6.45) is 0.954. The average Bonchev–Trinajstić information content (AvgIpc) is 2.37. The van der Waals surface area contributed by atoms with Crippen molar-refractivity contribution in [2.75, 3.05) is 33.0 Å². The zero-order valence-electron chi connectivity index (χ0n) is 13.1. The monoisotopic (exact) mass is 278 g/mol. The lowest BCUT2D eigenvalue weighted by Gasteiger charge is -2.23. The van der Waals surface area contributed by atoms with E-state index in [4.69, 9.17) is 0 Å². The van der Waals surface area contributed by atoms with Gasteiger partial charge in [0.05, 0.1) is 0 Å². The highest BCUT2D eigenvalue weighted by Crippen LogP contribution is 2.08. The number of hydrogen-bond acceptors (Lipinski definition) is 4. The highest BCUT2D eigenvalue weighted by Gasteiger charge is 2.17. The fourth-order valence-electron chi connectivity index (χ4n) is 2.15. The summed E-state index contributed by atoms with van der Waals surface area (Å²) in [5, 5.41) is 6.02. The molecule has 1 unspecified atom stereocenters. The molecule has 0 saturated heterocycles. The first kappa shape index (κ1) is 16.4. The molecule has 0 spiro atoms. The third-order valence-corrected chi connectivity index (χ3v) is 2.91. The van der Waals surface area contributed by atoms with Gasteiger partial charge in [0, 0.05) is 19.6 Å². The molecule has 0 aliphatic heterocycles. The Bertz CT molecular complexity index is 422. The number of hydrogen-bond donors (Lipinski definition) is 2. The molecule has 1 heterocycles. The first-order chi connectivity index (χ1) is 9.42. The molecule has 0 saturated carbocycles. The van der Waals surface area contributed by atoms with E-state index < -0.39 is 0 Å². The molecule has 0 bridgehead atoms. The lowest BCUT2D eigenvalue weighted by molar-refractivity contribution is 0.0919. The zero-order valence-corrected chi connectivity index (χ0v) is 13.1. The van der Waals surface area contributed by atoms with Gasteiger partial charge in [0.2, 0.25) is 0 Å². The van der Waals surface area contributed by atoms with E-state index in [9.17, 15) is 4.79 Å². The van der Waals surface area contributed by atoms with Gasteiger partial charge in [-0.15, -0.1) is 0 Å². The number of pyridine rings is 1. The Kier molecular flexibility index (Phi) is 6.45. The fraction of sp³-hybridized carbons (Fsp3) is 0.600. The van der Waals surface area contributed by atoms with Crippen LogP contribution in [0.1, 0.15) is 30.8 Å². The topological polar surface area (TPSA) is 57.3 Å². The van der Waals surface area contributed by atoms with Crippen molar-refractivity contribution in [3.63, 3.8) is 0 Å². The minimum atomic E-state index is -0.116. The smallest absolute Gasteiger partial charge is 0.270 e. The number of likely N-dealkylation sites (N-methyl/N-ethyl adjacent to an activating group) is 1. The maximum Gasteiger partial charge on any atom is 0.270 e. The largest absolute Gasteiger partial charge is 0.373 e. The van der Waals surface area contributed by atoms with E-state index >= 15 is 0 Å². The molecule has 0 aliphatic carbocycles. The summed E-state index contributed by atoms with van der Waals surface area (Å²) in [4.78, 5) is 18.6. The molecule has 0 aliphatic rings. The van der Waals surface area contributed by atoms with E-state index in [-0.39, 0.29) is 11.9 Å². The number of carbonyl (C=O) groups excluding carboxylic acids is 1. The van der Waals surface area contributed by atoms with Crippen LogP contribution >= 0.6 is 0 Å². The molecule has 0 aromatic carbocycles. The molecule has 2 N–H and O–H groups in total. The van der Waals surface area contributed by atoms with E-state index in [0.717, 1.165) is 13.0 Å². The molecule has 1 amide bonds. The minimum absolute atomic E-state index is 0.116. The van der Waals surface area contributed by atoms with Crippen LogP contribution in [0.25, 0.3) is 0 Å². The molecule has 112 valence electrons. The Labute approximate surface area is 121 Å². The summed E-state index contributed by atoms with van der Waals surface area (Å²) < 4.78 is 0. The normalized spacial score (nSPS) is 12.6. The molecule has 1 aromatic rings. The van der Waals surface area contributed by atoms with Gasteiger partial charge >= 0.3 is 0 Å². The second kappa shape index (κ2) is 7.85. The van der Waals surface area contributed by atoms with Crippen LogP contribution in [0.2, 0.25) is 0 Å². The molecule has 5 heteroatoms. The summed E-state index contributed by atoms with van der Waals surface area (Å²) in [6.45, 7) is 5.15. The minimum Gasteiger partial charge on any atom is -0.373 e. The van der Waals surface area contributed by atoms with E-state index in [0.29, 0.717) is 17.4 Å². The van der Waals surface area contributed by atoms with Crippen LogP contribution in [0, 0.1) is 5.92 Å². The predicted molar refractivity (Wildman–Crippen MR) is 83.0 cm³/mol. The number of aromatic nitrogens is 1. The first-order valence-corrected chi connectivity index (χ1v) is 7.02. The van der Waals surface area contributed by atoms with Crippen LogP contribution in [0.3, 0.4) is 0 Å². The maximum absolute atomic E-state index is 12.3. The van der Waals surface area contributed by atoms with Crippen molar-refractivity contribution in [2.45, 2.75) is 26.3 Å². The third-order valence-electron chi connectivity index (χ3n) is 2.91. The summed E-state index contributed by atoms with van der Waals surface area (Å²) in [7, 11) is 5.82. The number of nitrogens with one attached hydrogen (secondary N) is 2. The van der Waals surface area contributed by atoms with Gasteiger partial charge in [-0.3, -0.25) is 4.79 Å². The van der Waals surface area contributed by atoms with E-state index in [1.807, 2.05) is 26.2 Å². The molecule has 5 nitrogen and oxygen atoms in total. The zero-order chi connectivity index (χ0) is 15.1. The Morgan fingerprint density at radius 3 is 2.60 bits per heavy atom. The lowest BCUT2D eigenvalue weighted by Crippen LogP contribution is -2.42. The first-order valence-electron chi connectivity index (χ1n) is 7.02. The molecule has 0 radical (unpaired) electrons. The molecule has 1 aromatic heterocycles. The average molecular weight is 278 g/mol. The van der Waals surface area contributed by atoms with Crippen molar-refractivity contribution in [1.29, 1.82) is 0 Å². The third kappa shape index (κ3) is 5.57. The SMILES string of the molecule is CNc1cccc(C(=O)NC(CC(C)C)CN(C)C)n1. The summed E-state index contributed by atoms with van der Waals surface area (Å²) in [5.41, 5.74) is 0.448. The van der Waals surface area contributed by atoms with Gasteiger partial charge in [0.15, 0.2) is 0 Å². The van der Waals surface area contributed by atoms with Crippen LogP contribution in [-0.2, 0) is 0 Å². The summed E-state index contributed by atoms with van der Waals surface area (Å²) in [5.74, 6) is 1.12. The van der Waals surface area contributed by atoms with Crippen molar-refractivity contribution >= 4 is 11.7 Å². The van der Waals surface area contributed by atoms with Gasteiger partial charge in [-0.05, 0) is 38.6 Å². The quantitative estimate of drug-likeness (QED) is 0.799.